The Bertz CT molecular complexity index is 435. The van der Waals surface area contributed by atoms with E-state index in [1.54, 1.807) is 0 Å². The summed E-state index contributed by atoms with van der Waals surface area (Å²) in [6, 6.07) is 6.58. The van der Waals surface area contributed by atoms with Crippen LogP contribution < -0.4 is 0 Å². The van der Waals surface area contributed by atoms with Crippen molar-refractivity contribution >= 4 is 0 Å². The lowest BCUT2D eigenvalue weighted by Crippen LogP contribution is -2.36. The molecule has 3 rings (SSSR count). The van der Waals surface area contributed by atoms with E-state index in [2.05, 4.69) is 30.0 Å². The first-order valence-electron chi connectivity index (χ1n) is 7.74. The molecule has 0 radical (unpaired) electrons. The molecule has 2 heteroatoms. The third-order valence-corrected chi connectivity index (χ3v) is 4.81. The highest BCUT2D eigenvalue weighted by Crippen LogP contribution is 2.26. The highest BCUT2D eigenvalue weighted by molar-refractivity contribution is 5.36. The summed E-state index contributed by atoms with van der Waals surface area (Å²) in [5.74, 6) is 0.855. The zero-order valence-electron chi connectivity index (χ0n) is 11.9. The van der Waals surface area contributed by atoms with E-state index in [0.29, 0.717) is 0 Å². The van der Waals surface area contributed by atoms with Gasteiger partial charge < -0.3 is 10.0 Å². The topological polar surface area (TPSA) is 23.5 Å². The third kappa shape index (κ3) is 3.01. The lowest BCUT2D eigenvalue weighted by Gasteiger charge is -2.31. The van der Waals surface area contributed by atoms with Crippen molar-refractivity contribution in [2.75, 3.05) is 19.6 Å². The summed E-state index contributed by atoms with van der Waals surface area (Å²) in [5.41, 5.74) is 4.06. The Kier molecular flexibility index (Phi) is 3.90. The van der Waals surface area contributed by atoms with Crippen LogP contribution in [0, 0.1) is 5.92 Å². The predicted octanol–water partition coefficient (Wildman–Crippen LogP) is 2.94. The van der Waals surface area contributed by atoms with Gasteiger partial charge >= 0.3 is 0 Å². The minimum atomic E-state index is -0.320. The second kappa shape index (κ2) is 5.64. The van der Waals surface area contributed by atoms with Gasteiger partial charge in [0.05, 0.1) is 6.10 Å². The Labute approximate surface area is 116 Å². The summed E-state index contributed by atoms with van der Waals surface area (Å²) < 4.78 is 0. The fourth-order valence-electron chi connectivity index (χ4n) is 3.39. The highest BCUT2D eigenvalue weighted by Gasteiger charge is 2.20. The highest BCUT2D eigenvalue weighted by atomic mass is 16.3. The molecule has 0 aromatic heterocycles. The van der Waals surface area contributed by atoms with Crippen molar-refractivity contribution in [2.45, 2.75) is 45.1 Å². The van der Waals surface area contributed by atoms with E-state index in [4.69, 9.17) is 0 Å². The van der Waals surface area contributed by atoms with Crippen molar-refractivity contribution in [2.24, 2.45) is 5.92 Å². The molecule has 0 saturated carbocycles. The molecule has 0 spiro atoms. The minimum Gasteiger partial charge on any atom is -0.387 e. The van der Waals surface area contributed by atoms with Crippen molar-refractivity contribution < 1.29 is 5.11 Å². The number of likely N-dealkylation sites (tertiary alicyclic amines) is 1. The molecule has 104 valence electrons. The van der Waals surface area contributed by atoms with Gasteiger partial charge in [0.1, 0.15) is 0 Å². The Morgan fingerprint density at radius 3 is 2.74 bits per heavy atom. The lowest BCUT2D eigenvalue weighted by molar-refractivity contribution is 0.0916. The normalized spacial score (nSPS) is 22.4. The molecule has 1 aromatic carbocycles. The van der Waals surface area contributed by atoms with E-state index in [9.17, 15) is 5.11 Å². The van der Waals surface area contributed by atoms with Crippen LogP contribution in [0.25, 0.3) is 0 Å². The lowest BCUT2D eigenvalue weighted by atomic mass is 9.98. The summed E-state index contributed by atoms with van der Waals surface area (Å²) in [7, 11) is 0. The van der Waals surface area contributed by atoms with Crippen LogP contribution in [0.2, 0.25) is 0 Å². The number of hydrogen-bond acceptors (Lipinski definition) is 2. The number of benzene rings is 1. The summed E-state index contributed by atoms with van der Waals surface area (Å²) in [6.45, 7) is 5.41. The van der Waals surface area contributed by atoms with Crippen LogP contribution in [-0.4, -0.2) is 29.6 Å². The van der Waals surface area contributed by atoms with Crippen molar-refractivity contribution in [3.8, 4) is 0 Å². The van der Waals surface area contributed by atoms with Crippen molar-refractivity contribution in [1.82, 2.24) is 4.90 Å². The van der Waals surface area contributed by atoms with E-state index in [1.165, 1.54) is 43.2 Å². The number of aryl methyl sites for hydroxylation is 2. The van der Waals surface area contributed by atoms with E-state index in [1.807, 2.05) is 0 Å². The number of aliphatic hydroxyl groups is 1. The molecule has 1 fully saturated rings. The van der Waals surface area contributed by atoms with Gasteiger partial charge in [-0.1, -0.05) is 25.1 Å². The van der Waals surface area contributed by atoms with E-state index < -0.39 is 0 Å². The second-order valence-electron chi connectivity index (χ2n) is 6.38. The summed E-state index contributed by atoms with van der Waals surface area (Å²) in [4.78, 5) is 2.41. The molecule has 1 unspecified atom stereocenters. The monoisotopic (exact) mass is 259 g/mol. The Morgan fingerprint density at radius 2 is 1.95 bits per heavy atom. The first-order valence-corrected chi connectivity index (χ1v) is 7.74. The van der Waals surface area contributed by atoms with Gasteiger partial charge in [0.2, 0.25) is 0 Å². The average molecular weight is 259 g/mol. The van der Waals surface area contributed by atoms with Crippen LogP contribution in [0.5, 0.6) is 0 Å². The van der Waals surface area contributed by atoms with E-state index in [0.717, 1.165) is 31.1 Å². The van der Waals surface area contributed by atoms with Crippen LogP contribution in [0.1, 0.15) is 49.0 Å². The maximum absolute atomic E-state index is 10.4. The minimum absolute atomic E-state index is 0.320. The van der Waals surface area contributed by atoms with Gasteiger partial charge in [-0.05, 0) is 67.8 Å². The van der Waals surface area contributed by atoms with Gasteiger partial charge in [0.25, 0.3) is 0 Å². The molecule has 1 aromatic rings. The summed E-state index contributed by atoms with van der Waals surface area (Å²) in [5, 5.41) is 10.4. The van der Waals surface area contributed by atoms with Crippen molar-refractivity contribution in [3.05, 3.63) is 34.9 Å². The SMILES string of the molecule is CC1CCN(CC(O)c2ccc3c(c2)CCC3)CC1. The van der Waals surface area contributed by atoms with Gasteiger partial charge in [-0.3, -0.25) is 0 Å². The number of β-amino-alcohol motifs (C(OH)–C–C–N with tert-alkyl or cyclic N) is 1. The summed E-state index contributed by atoms with van der Waals surface area (Å²) in [6.07, 6.45) is 5.92. The van der Waals surface area contributed by atoms with E-state index in [-0.39, 0.29) is 6.10 Å². The molecule has 0 bridgehead atoms. The molecule has 1 heterocycles. The maximum Gasteiger partial charge on any atom is 0.0917 e. The Morgan fingerprint density at radius 1 is 1.21 bits per heavy atom. The van der Waals surface area contributed by atoms with Crippen LogP contribution >= 0.6 is 0 Å². The number of nitrogens with zero attached hydrogens (tertiary/aromatic N) is 1. The van der Waals surface area contributed by atoms with Crippen molar-refractivity contribution in [3.63, 3.8) is 0 Å². The number of piperidine rings is 1. The van der Waals surface area contributed by atoms with Crippen LogP contribution in [0.3, 0.4) is 0 Å². The number of hydrogen-bond donors (Lipinski definition) is 1. The van der Waals surface area contributed by atoms with Gasteiger partial charge in [-0.25, -0.2) is 0 Å². The quantitative estimate of drug-likeness (QED) is 0.902. The second-order valence-corrected chi connectivity index (χ2v) is 6.38. The van der Waals surface area contributed by atoms with Gasteiger partial charge in [0.15, 0.2) is 0 Å². The molecule has 19 heavy (non-hydrogen) atoms. The molecule has 1 atom stereocenters. The van der Waals surface area contributed by atoms with Gasteiger partial charge in [-0.15, -0.1) is 0 Å². The maximum atomic E-state index is 10.4. The van der Waals surface area contributed by atoms with Crippen molar-refractivity contribution in [1.29, 1.82) is 0 Å². The van der Waals surface area contributed by atoms with Gasteiger partial charge in [-0.2, -0.15) is 0 Å². The Hall–Kier alpha value is -0.860. The summed E-state index contributed by atoms with van der Waals surface area (Å²) >= 11 is 0. The molecular weight excluding hydrogens is 234 g/mol. The van der Waals surface area contributed by atoms with Crippen LogP contribution in [-0.2, 0) is 12.8 Å². The molecule has 1 saturated heterocycles. The first-order chi connectivity index (χ1) is 9.22. The first kappa shape index (κ1) is 13.1. The number of fused-ring (bicyclic) bond motifs is 1. The standard InChI is InChI=1S/C17H25NO/c1-13-7-9-18(10-8-13)12-17(19)16-6-5-14-3-2-4-15(14)11-16/h5-6,11,13,17,19H,2-4,7-10,12H2,1H3. The molecule has 2 nitrogen and oxygen atoms in total. The number of rotatable bonds is 3. The predicted molar refractivity (Wildman–Crippen MR) is 78.3 cm³/mol. The molecule has 1 N–H and O–H groups in total. The molecule has 0 amide bonds. The average Bonchev–Trinajstić information content (AvgIpc) is 2.88. The zero-order valence-corrected chi connectivity index (χ0v) is 11.9. The molecule has 2 aliphatic rings. The Balaban J connectivity index is 1.62. The largest absolute Gasteiger partial charge is 0.387 e. The molecule has 1 aliphatic carbocycles. The zero-order chi connectivity index (χ0) is 13.2. The molecule has 1 aliphatic heterocycles. The fraction of sp³-hybridized carbons (Fsp3) is 0.647. The van der Waals surface area contributed by atoms with E-state index >= 15 is 0 Å². The third-order valence-electron chi connectivity index (χ3n) is 4.81. The smallest absolute Gasteiger partial charge is 0.0917 e. The van der Waals surface area contributed by atoms with Gasteiger partial charge in [0, 0.05) is 6.54 Å². The molecular formula is C17H25NO. The number of aliphatic hydroxyl groups excluding tert-OH is 1. The van der Waals surface area contributed by atoms with Crippen LogP contribution in [0.4, 0.5) is 0 Å². The van der Waals surface area contributed by atoms with Crippen LogP contribution in [0.15, 0.2) is 18.2 Å². The fourth-order valence-corrected chi connectivity index (χ4v) is 3.39.